The van der Waals surface area contributed by atoms with Crippen molar-refractivity contribution in [1.82, 2.24) is 10.2 Å². The van der Waals surface area contributed by atoms with E-state index < -0.39 is 0 Å². The number of nitrogens with zero attached hydrogens (tertiary/aromatic N) is 1. The lowest BCUT2D eigenvalue weighted by atomic mass is 9.45. The number of allylic oxidation sites excluding steroid dienone is 1. The monoisotopic (exact) mass is 432 g/mol. The van der Waals surface area contributed by atoms with E-state index in [4.69, 9.17) is 14.0 Å². The van der Waals surface area contributed by atoms with E-state index >= 15 is 0 Å². The van der Waals surface area contributed by atoms with Gasteiger partial charge >= 0.3 is 7.12 Å². The van der Waals surface area contributed by atoms with Gasteiger partial charge < -0.3 is 18.9 Å². The zero-order valence-corrected chi connectivity index (χ0v) is 20.5. The van der Waals surface area contributed by atoms with Crippen molar-refractivity contribution < 1.29 is 18.8 Å². The minimum Gasteiger partial charge on any atom is -0.484 e. The fourth-order valence-electron chi connectivity index (χ4n) is 6.44. The molecule has 31 heavy (non-hydrogen) atoms. The lowest BCUT2D eigenvalue weighted by Gasteiger charge is -2.63. The molecule has 1 N–H and O–H groups in total. The fourth-order valence-corrected chi connectivity index (χ4v) is 6.44. The molecule has 0 aromatic carbocycles. The summed E-state index contributed by atoms with van der Waals surface area (Å²) in [7, 11) is -0.330. The number of rotatable bonds is 6. The number of hydrogen-bond donors (Lipinski definition) is 1. The van der Waals surface area contributed by atoms with Gasteiger partial charge in [-0.1, -0.05) is 41.2 Å². The predicted octanol–water partition coefficient (Wildman–Crippen LogP) is 3.76. The Morgan fingerprint density at radius 1 is 1.35 bits per heavy atom. The molecule has 174 valence electrons. The molecule has 5 fully saturated rings. The van der Waals surface area contributed by atoms with Gasteiger partial charge in [-0.3, -0.25) is 10.1 Å². The van der Waals surface area contributed by atoms with Crippen molar-refractivity contribution in [3.8, 4) is 0 Å². The first-order chi connectivity index (χ1) is 14.3. The van der Waals surface area contributed by atoms with Crippen LogP contribution in [0, 0.1) is 22.7 Å². The summed E-state index contributed by atoms with van der Waals surface area (Å²) in [5.74, 6) is 1.98. The van der Waals surface area contributed by atoms with Crippen molar-refractivity contribution >= 4 is 13.0 Å². The molecular formula is C24H41BN2O4. The second-order valence-corrected chi connectivity index (χ2v) is 12.2. The first-order valence-corrected chi connectivity index (χ1v) is 12.0. The summed E-state index contributed by atoms with van der Waals surface area (Å²) in [4.78, 5) is 15.7. The molecule has 5 rings (SSSR count). The number of ether oxygens (including phenoxy) is 1. The van der Waals surface area contributed by atoms with Crippen LogP contribution in [0.1, 0.15) is 74.1 Å². The van der Waals surface area contributed by atoms with Gasteiger partial charge in [0.1, 0.15) is 6.73 Å². The Kier molecular flexibility index (Phi) is 5.80. The smallest absolute Gasteiger partial charge is 0.481 e. The van der Waals surface area contributed by atoms with E-state index in [0.717, 1.165) is 25.8 Å². The van der Waals surface area contributed by atoms with Gasteiger partial charge in [-0.15, -0.1) is 0 Å². The SMILES string of the molecule is C=C(C)OCNC(C(=O)N1CCCC1B1OC2C3CC(C[C@]2(C)O1)C3(C)C)C(C)(C)C. The van der Waals surface area contributed by atoms with Gasteiger partial charge in [-0.2, -0.15) is 0 Å². The average molecular weight is 432 g/mol. The molecule has 0 spiro atoms. The van der Waals surface area contributed by atoms with Gasteiger partial charge in [0, 0.05) is 6.54 Å². The molecule has 1 amide bonds. The number of carbonyl (C=O) groups is 1. The summed E-state index contributed by atoms with van der Waals surface area (Å²) >= 11 is 0. The number of hydrogen-bond acceptors (Lipinski definition) is 5. The van der Waals surface area contributed by atoms with Crippen molar-refractivity contribution in [1.29, 1.82) is 0 Å². The van der Waals surface area contributed by atoms with E-state index in [1.807, 2.05) is 11.8 Å². The molecule has 0 aromatic rings. The van der Waals surface area contributed by atoms with Crippen LogP contribution in [0.15, 0.2) is 12.3 Å². The van der Waals surface area contributed by atoms with E-state index in [0.29, 0.717) is 23.0 Å². The summed E-state index contributed by atoms with van der Waals surface area (Å²) in [6.07, 6.45) is 4.35. The number of likely N-dealkylation sites (tertiary alicyclic amines) is 1. The van der Waals surface area contributed by atoms with Crippen molar-refractivity contribution in [2.24, 2.45) is 22.7 Å². The van der Waals surface area contributed by atoms with Crippen LogP contribution in [-0.2, 0) is 18.8 Å². The van der Waals surface area contributed by atoms with E-state index in [-0.39, 0.29) is 48.9 Å². The standard InChI is InChI=1S/C24H41BN2O4/c1-15(2)29-14-26-19(22(3,4)5)21(28)27-11-9-10-18(27)25-30-20-17-12-16(23(17,6)7)13-24(20,8)31-25/h16-20,26H,1,9-14H2,2-8H3/t16?,17?,18?,19?,20?,24-/m0/s1. The van der Waals surface area contributed by atoms with Crippen molar-refractivity contribution in [2.75, 3.05) is 13.3 Å². The van der Waals surface area contributed by atoms with Crippen LogP contribution < -0.4 is 5.32 Å². The maximum atomic E-state index is 13.7. The van der Waals surface area contributed by atoms with Crippen LogP contribution in [0.5, 0.6) is 0 Å². The Morgan fingerprint density at radius 2 is 2.06 bits per heavy atom. The molecule has 2 heterocycles. The highest BCUT2D eigenvalue weighted by molar-refractivity contribution is 6.48. The van der Waals surface area contributed by atoms with Gasteiger partial charge in [0.05, 0.1) is 29.4 Å². The number of nitrogens with one attached hydrogen (secondary N) is 1. The zero-order valence-electron chi connectivity index (χ0n) is 20.5. The maximum absolute atomic E-state index is 13.7. The van der Waals surface area contributed by atoms with Gasteiger partial charge in [-0.05, 0) is 62.2 Å². The predicted molar refractivity (Wildman–Crippen MR) is 122 cm³/mol. The number of amides is 1. The fraction of sp³-hybridized carbons (Fsp3) is 0.875. The molecule has 5 aliphatic rings. The van der Waals surface area contributed by atoms with Crippen LogP contribution >= 0.6 is 0 Å². The van der Waals surface area contributed by atoms with Gasteiger partial charge in [0.2, 0.25) is 5.91 Å². The third-order valence-corrected chi connectivity index (χ3v) is 8.45. The highest BCUT2D eigenvalue weighted by Gasteiger charge is 2.68. The van der Waals surface area contributed by atoms with Gasteiger partial charge in [0.15, 0.2) is 0 Å². The zero-order chi connectivity index (χ0) is 22.8. The van der Waals surface area contributed by atoms with Crippen LogP contribution in [-0.4, -0.2) is 54.9 Å². The van der Waals surface area contributed by atoms with Crippen molar-refractivity contribution in [2.45, 2.75) is 97.8 Å². The topological polar surface area (TPSA) is 60.0 Å². The molecule has 2 saturated heterocycles. The van der Waals surface area contributed by atoms with Crippen molar-refractivity contribution in [3.05, 3.63) is 12.3 Å². The third kappa shape index (κ3) is 3.95. The summed E-state index contributed by atoms with van der Waals surface area (Å²) < 4.78 is 18.7. The summed E-state index contributed by atoms with van der Waals surface area (Å²) in [6, 6.07) is -0.349. The largest absolute Gasteiger partial charge is 0.484 e. The number of carbonyl (C=O) groups excluding carboxylic acids is 1. The van der Waals surface area contributed by atoms with E-state index in [1.165, 1.54) is 6.42 Å². The van der Waals surface area contributed by atoms with E-state index in [9.17, 15) is 4.79 Å². The minimum absolute atomic E-state index is 0.0241. The Bertz CT molecular complexity index is 736. The molecule has 3 saturated carbocycles. The first kappa shape index (κ1) is 23.1. The third-order valence-electron chi connectivity index (χ3n) is 8.45. The molecule has 6 nitrogen and oxygen atoms in total. The van der Waals surface area contributed by atoms with Gasteiger partial charge in [-0.25, -0.2) is 0 Å². The van der Waals surface area contributed by atoms with Crippen LogP contribution in [0.3, 0.4) is 0 Å². The minimum atomic E-state index is -0.349. The summed E-state index contributed by atoms with van der Waals surface area (Å²) in [5, 5.41) is 3.30. The maximum Gasteiger partial charge on any atom is 0.481 e. The molecule has 2 aliphatic heterocycles. The summed E-state index contributed by atoms with van der Waals surface area (Å²) in [5.41, 5.74) is -0.133. The normalized spacial score (nSPS) is 37.3. The van der Waals surface area contributed by atoms with Crippen LogP contribution in [0.25, 0.3) is 0 Å². The average Bonchev–Trinajstić information content (AvgIpc) is 3.26. The van der Waals surface area contributed by atoms with Crippen LogP contribution in [0.2, 0.25) is 0 Å². The molecule has 5 unspecified atom stereocenters. The molecule has 0 aromatic heterocycles. The molecule has 0 radical (unpaired) electrons. The van der Waals surface area contributed by atoms with Gasteiger partial charge in [0.25, 0.3) is 0 Å². The van der Waals surface area contributed by atoms with Crippen molar-refractivity contribution in [3.63, 3.8) is 0 Å². The second-order valence-electron chi connectivity index (χ2n) is 12.2. The molecule has 6 atom stereocenters. The Labute approximate surface area is 188 Å². The lowest BCUT2D eigenvalue weighted by molar-refractivity contribution is -0.185. The molecular weight excluding hydrogens is 391 g/mol. The Morgan fingerprint density at radius 3 is 2.68 bits per heavy atom. The second kappa shape index (κ2) is 7.77. The molecule has 2 bridgehead atoms. The lowest BCUT2D eigenvalue weighted by Crippen LogP contribution is -2.63. The Hall–Kier alpha value is -1.05. The highest BCUT2D eigenvalue weighted by Crippen LogP contribution is 2.64. The quantitative estimate of drug-likeness (QED) is 0.394. The Balaban J connectivity index is 1.47. The molecule has 7 heteroatoms. The van der Waals surface area contributed by atoms with E-state index in [1.54, 1.807) is 0 Å². The first-order valence-electron chi connectivity index (χ1n) is 12.0. The summed E-state index contributed by atoms with van der Waals surface area (Å²) in [6.45, 7) is 19.8. The van der Waals surface area contributed by atoms with Crippen LogP contribution in [0.4, 0.5) is 0 Å². The van der Waals surface area contributed by atoms with E-state index in [2.05, 4.69) is 53.4 Å². The highest BCUT2D eigenvalue weighted by atomic mass is 16.7. The molecule has 3 aliphatic carbocycles.